The first-order valence-corrected chi connectivity index (χ1v) is 23.9. The van der Waals surface area contributed by atoms with Gasteiger partial charge in [0.1, 0.15) is 5.82 Å². The number of fused-ring (bicyclic) bond motifs is 4. The van der Waals surface area contributed by atoms with E-state index in [9.17, 15) is 0 Å². The van der Waals surface area contributed by atoms with Gasteiger partial charge in [-0.2, -0.15) is 12.1 Å². The van der Waals surface area contributed by atoms with Crippen LogP contribution in [0.1, 0.15) is 76.3 Å². The summed E-state index contributed by atoms with van der Waals surface area (Å²) in [5.41, 5.74) is 14.0. The Morgan fingerprint density at radius 1 is 0.471 bits per heavy atom. The molecule has 1 aliphatic heterocycles. The third-order valence-electron chi connectivity index (χ3n) is 14.1. The Labute approximate surface area is 427 Å². The summed E-state index contributed by atoms with van der Waals surface area (Å²) in [6, 6.07) is 76.6. The maximum Gasteiger partial charge on any atom is 0.135 e. The number of hydrogen-bond donors (Lipinski definition) is 0. The van der Waals surface area contributed by atoms with Gasteiger partial charge < -0.3 is 19.1 Å². The van der Waals surface area contributed by atoms with Crippen molar-refractivity contribution >= 4 is 44.6 Å². The van der Waals surface area contributed by atoms with Gasteiger partial charge in [-0.25, -0.2) is 4.98 Å². The van der Waals surface area contributed by atoms with Crippen LogP contribution in [0.15, 0.2) is 200 Å². The molecule has 70 heavy (non-hydrogen) atoms. The predicted octanol–water partition coefficient (Wildman–Crippen LogP) is 16.6. The molecule has 5 nitrogen and oxygen atoms in total. The summed E-state index contributed by atoms with van der Waals surface area (Å²) >= 11 is 0. The number of hydrogen-bond acceptors (Lipinski definition) is 4. The van der Waals surface area contributed by atoms with Crippen molar-refractivity contribution in [2.24, 2.45) is 0 Å². The van der Waals surface area contributed by atoms with Gasteiger partial charge in [-0.15, -0.1) is 48.1 Å². The van der Waals surface area contributed by atoms with Crippen LogP contribution in [-0.2, 0) is 37.3 Å². The van der Waals surface area contributed by atoms with Gasteiger partial charge in [0.15, 0.2) is 0 Å². The van der Waals surface area contributed by atoms with Crippen molar-refractivity contribution in [3.05, 3.63) is 247 Å². The molecule has 0 bridgehead atoms. The molecule has 2 aromatic heterocycles. The van der Waals surface area contributed by atoms with Gasteiger partial charge in [-0.05, 0) is 92.2 Å². The minimum absolute atomic E-state index is 0. The molecule has 0 radical (unpaired) electrons. The molecule has 0 fully saturated rings. The van der Waals surface area contributed by atoms with Crippen molar-refractivity contribution < 1.29 is 25.8 Å². The molecule has 8 aromatic carbocycles. The Morgan fingerprint density at radius 3 is 1.84 bits per heavy atom. The molecule has 350 valence electrons. The molecule has 0 aliphatic carbocycles. The molecule has 0 spiro atoms. The summed E-state index contributed by atoms with van der Waals surface area (Å²) in [5, 5.41) is 2.22. The topological polar surface area (TPSA) is 33.5 Å². The summed E-state index contributed by atoms with van der Waals surface area (Å²) in [6.45, 7) is 18.1. The third-order valence-corrected chi connectivity index (χ3v) is 14.1. The molecule has 0 unspecified atom stereocenters. The average Bonchev–Trinajstić information content (AvgIpc) is 3.93. The summed E-state index contributed by atoms with van der Waals surface area (Å²) < 4.78 is 8.95. The summed E-state index contributed by atoms with van der Waals surface area (Å²) in [7, 11) is 0. The first kappa shape index (κ1) is 46.5. The van der Waals surface area contributed by atoms with Crippen LogP contribution in [0.3, 0.4) is 0 Å². The molecule has 0 amide bonds. The quantitative estimate of drug-likeness (QED) is 0.128. The van der Waals surface area contributed by atoms with Gasteiger partial charge in [-0.1, -0.05) is 175 Å². The maximum absolute atomic E-state index is 6.75. The minimum Gasteiger partial charge on any atom is -0.509 e. The SMILES string of the molecule is CC(C)(C)c1ccnc(-n2c3[c-]c(Oc4[c-]c(N5[CH-]N(c6cc(-c7ccccc7)cc(C(C)(C)c7ccccc7)c6)c6ccc(C(C)(C)c7ccccc7)cc65)ccc4)ccc3c3ccccc32)c1.[Pt]. The molecule has 3 heterocycles. The second-order valence-electron chi connectivity index (χ2n) is 20.3. The predicted molar refractivity (Wildman–Crippen MR) is 286 cm³/mol. The van der Waals surface area contributed by atoms with Crippen molar-refractivity contribution in [1.82, 2.24) is 9.55 Å². The summed E-state index contributed by atoms with van der Waals surface area (Å²) in [5.74, 6) is 2.03. The van der Waals surface area contributed by atoms with Gasteiger partial charge in [0.05, 0.1) is 0 Å². The van der Waals surface area contributed by atoms with E-state index in [2.05, 4.69) is 258 Å². The first-order valence-electron chi connectivity index (χ1n) is 23.9. The summed E-state index contributed by atoms with van der Waals surface area (Å²) in [6.07, 6.45) is 1.90. The number of nitrogens with zero attached hydrogens (tertiary/aromatic N) is 4. The molecule has 0 atom stereocenters. The fraction of sp³-hybridized carbons (Fsp3) is 0.156. The Kier molecular flexibility index (Phi) is 12.1. The van der Waals surface area contributed by atoms with Crippen LogP contribution in [-0.4, -0.2) is 9.55 Å². The number of para-hydroxylation sites is 1. The second kappa shape index (κ2) is 18.3. The van der Waals surface area contributed by atoms with E-state index in [1.54, 1.807) is 0 Å². The van der Waals surface area contributed by atoms with Gasteiger partial charge >= 0.3 is 0 Å². The molecular formula is C64H55N4OPt-3. The van der Waals surface area contributed by atoms with E-state index in [1.165, 1.54) is 33.4 Å². The van der Waals surface area contributed by atoms with Crippen LogP contribution in [0.4, 0.5) is 22.7 Å². The Hall–Kier alpha value is -7.20. The van der Waals surface area contributed by atoms with Crippen molar-refractivity contribution in [1.29, 1.82) is 0 Å². The number of ether oxygens (including phenoxy) is 1. The van der Waals surface area contributed by atoms with E-state index in [-0.39, 0.29) is 37.3 Å². The van der Waals surface area contributed by atoms with Gasteiger partial charge in [0, 0.05) is 72.2 Å². The average molecular weight is 1090 g/mol. The van der Waals surface area contributed by atoms with Crippen LogP contribution in [0.25, 0.3) is 38.8 Å². The molecule has 1 aliphatic rings. The van der Waals surface area contributed by atoms with E-state index in [1.807, 2.05) is 24.4 Å². The Morgan fingerprint density at radius 2 is 1.13 bits per heavy atom. The van der Waals surface area contributed by atoms with Crippen molar-refractivity contribution in [2.75, 3.05) is 9.80 Å². The van der Waals surface area contributed by atoms with Crippen LogP contribution in [0.2, 0.25) is 0 Å². The summed E-state index contributed by atoms with van der Waals surface area (Å²) in [4.78, 5) is 9.47. The fourth-order valence-electron chi connectivity index (χ4n) is 9.83. The zero-order valence-electron chi connectivity index (χ0n) is 40.6. The van der Waals surface area contributed by atoms with E-state index in [0.717, 1.165) is 55.9 Å². The zero-order valence-corrected chi connectivity index (χ0v) is 42.9. The van der Waals surface area contributed by atoms with Crippen molar-refractivity contribution in [3.63, 3.8) is 0 Å². The zero-order chi connectivity index (χ0) is 47.5. The fourth-order valence-corrected chi connectivity index (χ4v) is 9.83. The number of aromatic nitrogens is 2. The molecule has 6 heteroatoms. The number of pyridine rings is 1. The Balaban J connectivity index is 0.00000567. The molecule has 0 N–H and O–H groups in total. The minimum atomic E-state index is -0.270. The van der Waals surface area contributed by atoms with Crippen LogP contribution in [0.5, 0.6) is 11.5 Å². The van der Waals surface area contributed by atoms with Gasteiger partial charge in [0.2, 0.25) is 0 Å². The third kappa shape index (κ3) is 8.51. The monoisotopic (exact) mass is 1090 g/mol. The smallest absolute Gasteiger partial charge is 0.135 e. The van der Waals surface area contributed by atoms with E-state index in [4.69, 9.17) is 9.72 Å². The molecular weight excluding hydrogens is 1040 g/mol. The molecule has 11 rings (SSSR count). The van der Waals surface area contributed by atoms with E-state index < -0.39 is 0 Å². The van der Waals surface area contributed by atoms with Crippen LogP contribution < -0.4 is 14.5 Å². The maximum atomic E-state index is 6.75. The molecule has 0 saturated heterocycles. The van der Waals surface area contributed by atoms with Crippen LogP contribution in [0, 0.1) is 18.8 Å². The van der Waals surface area contributed by atoms with Gasteiger partial charge in [-0.3, -0.25) is 0 Å². The normalized spacial score (nSPS) is 12.8. The number of anilines is 4. The second-order valence-corrected chi connectivity index (χ2v) is 20.3. The van der Waals surface area contributed by atoms with Crippen molar-refractivity contribution in [2.45, 2.75) is 64.7 Å². The van der Waals surface area contributed by atoms with Gasteiger partial charge in [0.25, 0.3) is 0 Å². The largest absolute Gasteiger partial charge is 0.509 e. The number of rotatable bonds is 10. The van der Waals surface area contributed by atoms with Crippen molar-refractivity contribution in [3.8, 4) is 28.4 Å². The van der Waals surface area contributed by atoms with E-state index >= 15 is 0 Å². The molecule has 0 saturated carbocycles. The standard InChI is InChI=1S/C64H55N4O.Pt/c1-62(2,3)48-34-35-65-61(40-48)68-57-29-18-17-28-55(57)56-32-31-54(42-59(56)68)69-53-27-19-26-51(41-53)66-43-67(58-33-30-49(39-60(58)66)63(4,5)46-22-13-9-14-23-46)52-37-45(44-20-11-8-12-21-44)36-50(38-52)64(6,7)47-24-15-10-16-25-47;/h8-40,43H,1-7H3;/q-3;. The first-order chi connectivity index (χ1) is 33.3. The number of benzene rings is 8. The van der Waals surface area contributed by atoms with Crippen LogP contribution >= 0.6 is 0 Å². The van der Waals surface area contributed by atoms with E-state index in [0.29, 0.717) is 11.5 Å². The molecule has 10 aromatic rings. The Bertz CT molecular complexity index is 3500.